The highest BCUT2D eigenvalue weighted by Gasteiger charge is 2.52. The Kier molecular flexibility index (Phi) is 5.32. The Hall–Kier alpha value is -2.34. The van der Waals surface area contributed by atoms with Gasteiger partial charge in [-0.1, -0.05) is 34.1 Å². The van der Waals surface area contributed by atoms with Crippen LogP contribution in [0.25, 0.3) is 0 Å². The fourth-order valence-electron chi connectivity index (χ4n) is 3.07. The van der Waals surface area contributed by atoms with Crippen LogP contribution < -0.4 is 10.1 Å². The zero-order chi connectivity index (χ0) is 18.7. The monoisotopic (exact) mass is 416 g/mol. The third-order valence-electron chi connectivity index (χ3n) is 4.64. The summed E-state index contributed by atoms with van der Waals surface area (Å²) in [4.78, 5) is 26.7. The average molecular weight is 417 g/mol. The van der Waals surface area contributed by atoms with Gasteiger partial charge in [0, 0.05) is 23.3 Å². The quantitative estimate of drug-likeness (QED) is 0.782. The molecule has 0 atom stereocenters. The van der Waals surface area contributed by atoms with E-state index in [1.165, 1.54) is 4.90 Å². The molecule has 2 aromatic rings. The fraction of sp³-hybridized carbons (Fsp3) is 0.300. The second kappa shape index (κ2) is 7.50. The molecule has 2 aromatic carbocycles. The lowest BCUT2D eigenvalue weighted by Gasteiger charge is -2.23. The number of rotatable bonds is 6. The molecule has 5 nitrogen and oxygen atoms in total. The summed E-state index contributed by atoms with van der Waals surface area (Å²) in [6.07, 6.45) is 1.63. The molecule has 0 spiro atoms. The molecule has 1 saturated carbocycles. The Morgan fingerprint density at radius 1 is 1.19 bits per heavy atom. The molecule has 3 rings (SSSR count). The van der Waals surface area contributed by atoms with E-state index in [1.54, 1.807) is 38.4 Å². The molecule has 0 heterocycles. The lowest BCUT2D eigenvalue weighted by atomic mass is 9.94. The summed E-state index contributed by atoms with van der Waals surface area (Å²) in [5, 5.41) is 2.80. The highest BCUT2D eigenvalue weighted by atomic mass is 79.9. The maximum Gasteiger partial charge on any atom is 0.243 e. The van der Waals surface area contributed by atoms with E-state index in [4.69, 9.17) is 4.74 Å². The van der Waals surface area contributed by atoms with E-state index in [1.807, 2.05) is 24.3 Å². The molecule has 0 aromatic heterocycles. The predicted octanol–water partition coefficient (Wildman–Crippen LogP) is 3.59. The van der Waals surface area contributed by atoms with Crippen molar-refractivity contribution in [3.63, 3.8) is 0 Å². The average Bonchev–Trinajstić information content (AvgIpc) is 3.43. The van der Waals surface area contributed by atoms with Gasteiger partial charge < -0.3 is 15.0 Å². The van der Waals surface area contributed by atoms with Gasteiger partial charge in [-0.15, -0.1) is 0 Å². The molecule has 1 aliphatic rings. The summed E-state index contributed by atoms with van der Waals surface area (Å²) in [5.74, 6) is 0.417. The number of nitrogens with one attached hydrogen (secondary N) is 1. The molecule has 1 aliphatic carbocycles. The standard InChI is InChI=1S/C20H21BrN2O3/c1-23(13-18(24)22-16-4-3-5-17(12-16)26-2)19(25)20(10-11-20)14-6-8-15(21)9-7-14/h3-9,12H,10-11,13H2,1-2H3,(H,22,24). The molecule has 0 aliphatic heterocycles. The largest absolute Gasteiger partial charge is 0.497 e. The van der Waals surface area contributed by atoms with Gasteiger partial charge in [-0.3, -0.25) is 9.59 Å². The van der Waals surface area contributed by atoms with Crippen LogP contribution in [0.5, 0.6) is 5.75 Å². The second-order valence-corrected chi connectivity index (χ2v) is 7.45. The first-order chi connectivity index (χ1) is 12.4. The van der Waals surface area contributed by atoms with Crippen LogP contribution >= 0.6 is 15.9 Å². The van der Waals surface area contributed by atoms with Crippen molar-refractivity contribution in [3.05, 3.63) is 58.6 Å². The molecule has 0 radical (unpaired) electrons. The van der Waals surface area contributed by atoms with Crippen LogP contribution in [0.4, 0.5) is 5.69 Å². The first-order valence-corrected chi connectivity index (χ1v) is 9.19. The van der Waals surface area contributed by atoms with E-state index in [0.29, 0.717) is 11.4 Å². The fourth-order valence-corrected chi connectivity index (χ4v) is 3.34. The Morgan fingerprint density at radius 2 is 1.88 bits per heavy atom. The molecule has 26 heavy (non-hydrogen) atoms. The molecular weight excluding hydrogens is 396 g/mol. The van der Waals surface area contributed by atoms with E-state index in [0.717, 1.165) is 22.9 Å². The summed E-state index contributed by atoms with van der Waals surface area (Å²) >= 11 is 3.42. The second-order valence-electron chi connectivity index (χ2n) is 6.53. The van der Waals surface area contributed by atoms with Crippen LogP contribution in [0.15, 0.2) is 53.0 Å². The number of halogens is 1. The molecule has 2 amide bonds. The minimum Gasteiger partial charge on any atom is -0.497 e. The summed E-state index contributed by atoms with van der Waals surface area (Å²) in [6, 6.07) is 15.0. The van der Waals surface area contributed by atoms with Crippen LogP contribution in [0, 0.1) is 0 Å². The molecule has 0 unspecified atom stereocenters. The van der Waals surface area contributed by atoms with Crippen LogP contribution in [0.2, 0.25) is 0 Å². The highest BCUT2D eigenvalue weighted by Crippen LogP contribution is 2.49. The molecule has 1 fully saturated rings. The van der Waals surface area contributed by atoms with Crippen LogP contribution in [0.1, 0.15) is 18.4 Å². The minimum atomic E-state index is -0.480. The Morgan fingerprint density at radius 3 is 2.50 bits per heavy atom. The molecule has 6 heteroatoms. The topological polar surface area (TPSA) is 58.6 Å². The number of carbonyl (C=O) groups is 2. The summed E-state index contributed by atoms with van der Waals surface area (Å²) < 4.78 is 6.13. The van der Waals surface area contributed by atoms with E-state index in [2.05, 4.69) is 21.2 Å². The number of amides is 2. The van der Waals surface area contributed by atoms with Crippen molar-refractivity contribution >= 4 is 33.4 Å². The number of hydrogen-bond acceptors (Lipinski definition) is 3. The molecule has 136 valence electrons. The van der Waals surface area contributed by atoms with Crippen molar-refractivity contribution in [2.45, 2.75) is 18.3 Å². The highest BCUT2D eigenvalue weighted by molar-refractivity contribution is 9.10. The number of methoxy groups -OCH3 is 1. The van der Waals surface area contributed by atoms with Crippen LogP contribution in [0.3, 0.4) is 0 Å². The van der Waals surface area contributed by atoms with Crippen molar-refractivity contribution in [1.29, 1.82) is 0 Å². The van der Waals surface area contributed by atoms with E-state index >= 15 is 0 Å². The van der Waals surface area contributed by atoms with Crippen LogP contribution in [-0.4, -0.2) is 37.4 Å². The number of anilines is 1. The minimum absolute atomic E-state index is 0.00826. The van der Waals surface area contributed by atoms with E-state index in [-0.39, 0.29) is 18.4 Å². The first-order valence-electron chi connectivity index (χ1n) is 8.40. The summed E-state index contributed by atoms with van der Waals surface area (Å²) in [7, 11) is 3.25. The molecular formula is C20H21BrN2O3. The lowest BCUT2D eigenvalue weighted by Crippen LogP contribution is -2.41. The van der Waals surface area contributed by atoms with Gasteiger partial charge >= 0.3 is 0 Å². The number of ether oxygens (including phenoxy) is 1. The number of nitrogens with zero attached hydrogens (tertiary/aromatic N) is 1. The zero-order valence-electron chi connectivity index (χ0n) is 14.8. The summed E-state index contributed by atoms with van der Waals surface area (Å²) in [6.45, 7) is 0.00826. The number of hydrogen-bond donors (Lipinski definition) is 1. The maximum atomic E-state index is 12.9. The van der Waals surface area contributed by atoms with Crippen molar-refractivity contribution in [2.75, 3.05) is 26.0 Å². The first kappa shape index (κ1) is 18.5. The maximum absolute atomic E-state index is 12.9. The molecule has 0 saturated heterocycles. The van der Waals surface area contributed by atoms with Gasteiger partial charge in [0.2, 0.25) is 11.8 Å². The third-order valence-corrected chi connectivity index (χ3v) is 5.17. The number of likely N-dealkylation sites (N-methyl/N-ethyl adjacent to an activating group) is 1. The van der Waals surface area contributed by atoms with Crippen molar-refractivity contribution < 1.29 is 14.3 Å². The normalized spacial score (nSPS) is 14.4. The Labute approximate surface area is 161 Å². The van der Waals surface area contributed by atoms with Crippen molar-refractivity contribution in [1.82, 2.24) is 4.90 Å². The van der Waals surface area contributed by atoms with E-state index in [9.17, 15) is 9.59 Å². The van der Waals surface area contributed by atoms with Crippen LogP contribution in [-0.2, 0) is 15.0 Å². The molecule has 1 N–H and O–H groups in total. The van der Waals surface area contributed by atoms with Gasteiger partial charge in [0.1, 0.15) is 5.75 Å². The lowest BCUT2D eigenvalue weighted by molar-refractivity contribution is -0.135. The smallest absolute Gasteiger partial charge is 0.243 e. The van der Waals surface area contributed by atoms with E-state index < -0.39 is 5.41 Å². The Bertz CT molecular complexity index is 816. The Balaban J connectivity index is 1.63. The summed E-state index contributed by atoms with van der Waals surface area (Å²) in [5.41, 5.74) is 1.17. The van der Waals surface area contributed by atoms with Gasteiger partial charge in [-0.25, -0.2) is 0 Å². The zero-order valence-corrected chi connectivity index (χ0v) is 16.4. The van der Waals surface area contributed by atoms with Crippen molar-refractivity contribution in [3.8, 4) is 5.75 Å². The number of benzene rings is 2. The van der Waals surface area contributed by atoms with Gasteiger partial charge in [-0.05, 0) is 42.7 Å². The molecule has 0 bridgehead atoms. The van der Waals surface area contributed by atoms with Gasteiger partial charge in [0.25, 0.3) is 0 Å². The van der Waals surface area contributed by atoms with Gasteiger partial charge in [0.05, 0.1) is 19.1 Å². The van der Waals surface area contributed by atoms with Crippen molar-refractivity contribution in [2.24, 2.45) is 0 Å². The predicted molar refractivity (Wildman–Crippen MR) is 104 cm³/mol. The third kappa shape index (κ3) is 3.90. The van der Waals surface area contributed by atoms with Gasteiger partial charge in [0.15, 0.2) is 0 Å². The SMILES string of the molecule is COc1cccc(NC(=O)CN(C)C(=O)C2(c3ccc(Br)cc3)CC2)c1. The number of carbonyl (C=O) groups excluding carboxylic acids is 2. The van der Waals surface area contributed by atoms with Gasteiger partial charge in [-0.2, -0.15) is 0 Å².